The van der Waals surface area contributed by atoms with Crippen molar-refractivity contribution in [1.82, 2.24) is 15.1 Å². The van der Waals surface area contributed by atoms with Crippen LogP contribution in [0.4, 0.5) is 10.1 Å². The summed E-state index contributed by atoms with van der Waals surface area (Å²) in [5, 5.41) is 19.3. The number of hydrogen-bond acceptors (Lipinski definition) is 7. The summed E-state index contributed by atoms with van der Waals surface area (Å²) in [6, 6.07) is 10.1. The first-order chi connectivity index (χ1) is 14.9. The molecule has 0 bridgehead atoms. The molecule has 2 aromatic carbocycles. The predicted molar refractivity (Wildman–Crippen MR) is 107 cm³/mol. The molecular weight excluding hydrogens is 431 g/mol. The number of nitrogens with zero attached hydrogens (tertiary/aromatic N) is 4. The molecule has 0 radical (unpaired) electrons. The molecule has 1 heterocycles. The normalized spacial score (nSPS) is 13.1. The maximum Gasteiger partial charge on any atom is 0.305 e. The van der Waals surface area contributed by atoms with Gasteiger partial charge in [0.1, 0.15) is 5.75 Å². The van der Waals surface area contributed by atoms with E-state index in [0.717, 1.165) is 25.0 Å². The first-order valence-corrected chi connectivity index (χ1v) is 9.73. The Kier molecular flexibility index (Phi) is 5.81. The molecule has 0 N–H and O–H groups in total. The van der Waals surface area contributed by atoms with E-state index in [1.165, 1.54) is 6.07 Å². The Morgan fingerprint density at radius 2 is 2.00 bits per heavy atom. The first kappa shape index (κ1) is 20.7. The third kappa shape index (κ3) is 4.97. The zero-order valence-electron chi connectivity index (χ0n) is 16.0. The Bertz CT molecular complexity index is 1120. The standard InChI is InChI=1S/C20H16ClFN4O5/c21-13-3-1-12(2-4-13)20-24-23-18(31-20)10-25(14-5-6-14)19(27)11-30-15-7-8-17(26(28)29)16(22)9-15/h1-4,7-9,14H,5-6,10-11H2. The van der Waals surface area contributed by atoms with Gasteiger partial charge in [0, 0.05) is 28.8 Å². The summed E-state index contributed by atoms with van der Waals surface area (Å²) in [5.41, 5.74) is 0.0437. The van der Waals surface area contributed by atoms with Crippen molar-refractivity contribution in [3.8, 4) is 17.2 Å². The molecule has 1 aromatic heterocycles. The van der Waals surface area contributed by atoms with Gasteiger partial charge in [-0.05, 0) is 43.2 Å². The molecule has 0 spiro atoms. The first-order valence-electron chi connectivity index (χ1n) is 9.35. The minimum Gasteiger partial charge on any atom is -0.484 e. The number of halogens is 2. The van der Waals surface area contributed by atoms with Gasteiger partial charge in [-0.2, -0.15) is 4.39 Å². The highest BCUT2D eigenvalue weighted by molar-refractivity contribution is 6.30. The molecule has 11 heteroatoms. The van der Waals surface area contributed by atoms with Crippen molar-refractivity contribution in [2.45, 2.75) is 25.4 Å². The van der Waals surface area contributed by atoms with E-state index in [9.17, 15) is 19.3 Å². The highest BCUT2D eigenvalue weighted by Crippen LogP contribution is 2.29. The summed E-state index contributed by atoms with van der Waals surface area (Å²) in [5.74, 6) is -0.767. The number of rotatable bonds is 8. The largest absolute Gasteiger partial charge is 0.484 e. The quantitative estimate of drug-likeness (QED) is 0.379. The molecular formula is C20H16ClFN4O5. The van der Waals surface area contributed by atoms with E-state index in [0.29, 0.717) is 16.5 Å². The van der Waals surface area contributed by atoms with Crippen LogP contribution in [0, 0.1) is 15.9 Å². The second-order valence-corrected chi connectivity index (χ2v) is 7.36. The molecule has 1 fully saturated rings. The zero-order valence-corrected chi connectivity index (χ0v) is 16.8. The number of amides is 1. The minimum atomic E-state index is -1.03. The monoisotopic (exact) mass is 446 g/mol. The van der Waals surface area contributed by atoms with Gasteiger partial charge in [0.25, 0.3) is 5.91 Å². The van der Waals surface area contributed by atoms with E-state index in [-0.39, 0.29) is 36.7 Å². The van der Waals surface area contributed by atoms with Gasteiger partial charge in [0.05, 0.1) is 11.5 Å². The van der Waals surface area contributed by atoms with Crippen LogP contribution in [0.2, 0.25) is 5.02 Å². The molecule has 0 saturated heterocycles. The molecule has 1 saturated carbocycles. The molecule has 0 unspecified atom stereocenters. The van der Waals surface area contributed by atoms with Gasteiger partial charge in [0.15, 0.2) is 6.61 Å². The Hall–Kier alpha value is -3.53. The summed E-state index contributed by atoms with van der Waals surface area (Å²) < 4.78 is 24.7. The van der Waals surface area contributed by atoms with Crippen molar-refractivity contribution in [3.63, 3.8) is 0 Å². The maximum atomic E-state index is 13.7. The molecule has 3 aromatic rings. The molecule has 1 aliphatic carbocycles. The van der Waals surface area contributed by atoms with Crippen molar-refractivity contribution < 1.29 is 23.3 Å². The fourth-order valence-electron chi connectivity index (χ4n) is 2.93. The van der Waals surface area contributed by atoms with Gasteiger partial charge in [-0.1, -0.05) is 11.6 Å². The third-order valence-electron chi connectivity index (χ3n) is 4.65. The number of ether oxygens (including phenoxy) is 1. The molecule has 0 atom stereocenters. The summed E-state index contributed by atoms with van der Waals surface area (Å²) in [6.45, 7) is -0.242. The van der Waals surface area contributed by atoms with Crippen LogP contribution in [-0.4, -0.2) is 38.6 Å². The average molecular weight is 447 g/mol. The fraction of sp³-hybridized carbons (Fsp3) is 0.250. The van der Waals surface area contributed by atoms with Crippen LogP contribution < -0.4 is 4.74 Å². The van der Waals surface area contributed by atoms with Gasteiger partial charge in [-0.15, -0.1) is 10.2 Å². The van der Waals surface area contributed by atoms with Gasteiger partial charge < -0.3 is 14.1 Å². The van der Waals surface area contributed by atoms with Crippen LogP contribution in [0.3, 0.4) is 0 Å². The van der Waals surface area contributed by atoms with Crippen molar-refractivity contribution in [2.24, 2.45) is 0 Å². The highest BCUT2D eigenvalue weighted by Gasteiger charge is 2.34. The Labute approximate surface area is 180 Å². The fourth-order valence-corrected chi connectivity index (χ4v) is 3.06. The summed E-state index contributed by atoms with van der Waals surface area (Å²) in [4.78, 5) is 24.1. The van der Waals surface area contributed by atoms with E-state index in [1.807, 2.05) is 0 Å². The van der Waals surface area contributed by atoms with Gasteiger partial charge in [-0.3, -0.25) is 14.9 Å². The topological polar surface area (TPSA) is 112 Å². The van der Waals surface area contributed by atoms with Crippen molar-refractivity contribution >= 4 is 23.2 Å². The molecule has 0 aliphatic heterocycles. The number of nitro benzene ring substituents is 1. The molecule has 31 heavy (non-hydrogen) atoms. The lowest BCUT2D eigenvalue weighted by atomic mass is 10.2. The lowest BCUT2D eigenvalue weighted by molar-refractivity contribution is -0.387. The number of benzene rings is 2. The van der Waals surface area contributed by atoms with Crippen molar-refractivity contribution in [2.75, 3.05) is 6.61 Å². The van der Waals surface area contributed by atoms with Gasteiger partial charge >= 0.3 is 5.69 Å². The summed E-state index contributed by atoms with van der Waals surface area (Å²) in [6.07, 6.45) is 1.69. The van der Waals surface area contributed by atoms with Crippen LogP contribution in [-0.2, 0) is 11.3 Å². The van der Waals surface area contributed by atoms with Gasteiger partial charge in [0.2, 0.25) is 17.6 Å². The molecule has 4 rings (SSSR count). The molecule has 9 nitrogen and oxygen atoms in total. The number of carbonyl (C=O) groups excluding carboxylic acids is 1. The zero-order chi connectivity index (χ0) is 22.0. The summed E-state index contributed by atoms with van der Waals surface area (Å²) >= 11 is 5.88. The van der Waals surface area contributed by atoms with E-state index >= 15 is 0 Å². The van der Waals surface area contributed by atoms with E-state index in [2.05, 4.69) is 10.2 Å². The number of nitro groups is 1. The number of hydrogen-bond donors (Lipinski definition) is 0. The van der Waals surface area contributed by atoms with E-state index in [4.69, 9.17) is 20.8 Å². The molecule has 1 amide bonds. The molecule has 160 valence electrons. The highest BCUT2D eigenvalue weighted by atomic mass is 35.5. The lowest BCUT2D eigenvalue weighted by Crippen LogP contribution is -2.36. The molecule has 1 aliphatic rings. The Morgan fingerprint density at radius 1 is 1.26 bits per heavy atom. The Morgan fingerprint density at radius 3 is 2.65 bits per heavy atom. The SMILES string of the molecule is O=C(COc1ccc([N+](=O)[O-])c(F)c1)N(Cc1nnc(-c2ccc(Cl)cc2)o1)C1CC1. The minimum absolute atomic E-state index is 0.0232. The van der Waals surface area contributed by atoms with Crippen LogP contribution in [0.15, 0.2) is 46.9 Å². The van der Waals surface area contributed by atoms with Gasteiger partial charge in [-0.25, -0.2) is 0 Å². The maximum absolute atomic E-state index is 13.7. The predicted octanol–water partition coefficient (Wildman–Crippen LogP) is 4.01. The van der Waals surface area contributed by atoms with Crippen LogP contribution in [0.5, 0.6) is 5.75 Å². The van der Waals surface area contributed by atoms with Crippen LogP contribution in [0.1, 0.15) is 18.7 Å². The van der Waals surface area contributed by atoms with Crippen molar-refractivity contribution in [3.05, 3.63) is 69.3 Å². The van der Waals surface area contributed by atoms with Crippen LogP contribution >= 0.6 is 11.6 Å². The van der Waals surface area contributed by atoms with Crippen molar-refractivity contribution in [1.29, 1.82) is 0 Å². The number of aromatic nitrogens is 2. The average Bonchev–Trinajstić information content (AvgIpc) is 3.48. The summed E-state index contributed by atoms with van der Waals surface area (Å²) in [7, 11) is 0. The van der Waals surface area contributed by atoms with E-state index < -0.39 is 16.4 Å². The third-order valence-corrected chi connectivity index (χ3v) is 4.90. The number of carbonyl (C=O) groups is 1. The Balaban J connectivity index is 1.40. The lowest BCUT2D eigenvalue weighted by Gasteiger charge is -2.20. The second kappa shape index (κ2) is 8.68. The van der Waals surface area contributed by atoms with Crippen LogP contribution in [0.25, 0.3) is 11.5 Å². The van der Waals surface area contributed by atoms with E-state index in [1.54, 1.807) is 29.2 Å². The second-order valence-electron chi connectivity index (χ2n) is 6.92. The smallest absolute Gasteiger partial charge is 0.305 e.